The molecule has 0 radical (unpaired) electrons. The molecule has 0 N–H and O–H groups in total. The van der Waals surface area contributed by atoms with Crippen molar-refractivity contribution in [2.24, 2.45) is 0 Å². The van der Waals surface area contributed by atoms with E-state index in [4.69, 9.17) is 9.31 Å². The molecule has 1 saturated heterocycles. The van der Waals surface area contributed by atoms with Crippen LogP contribution in [-0.4, -0.2) is 41.2 Å². The summed E-state index contributed by atoms with van der Waals surface area (Å²) in [6.45, 7) is 8.14. The number of hydrogen-bond donors (Lipinski definition) is 0. The normalized spacial score (nSPS) is 18.4. The van der Waals surface area contributed by atoms with Crippen LogP contribution >= 0.6 is 0 Å². The molecular formula is C18H23BN2O4. The van der Waals surface area contributed by atoms with Gasteiger partial charge in [0.05, 0.1) is 36.6 Å². The lowest BCUT2D eigenvalue weighted by Crippen LogP contribution is -2.41. The van der Waals surface area contributed by atoms with Crippen molar-refractivity contribution in [3.63, 3.8) is 0 Å². The Balaban J connectivity index is 1.74. The second-order valence-corrected chi connectivity index (χ2v) is 7.23. The predicted molar refractivity (Wildman–Crippen MR) is 95.0 cm³/mol. The number of carbonyl (C=O) groups is 1. The maximum atomic E-state index is 11.3. The van der Waals surface area contributed by atoms with Crippen molar-refractivity contribution in [3.8, 4) is 5.69 Å². The minimum absolute atomic E-state index is 0.211. The smallest absolute Gasteiger partial charge is 0.469 e. The van der Waals surface area contributed by atoms with E-state index in [2.05, 4.69) is 9.84 Å². The summed E-state index contributed by atoms with van der Waals surface area (Å²) in [6, 6.07) is 7.85. The second-order valence-electron chi connectivity index (χ2n) is 7.23. The van der Waals surface area contributed by atoms with E-state index in [0.29, 0.717) is 0 Å². The second kappa shape index (κ2) is 6.31. The Morgan fingerprint density at radius 3 is 2.32 bits per heavy atom. The van der Waals surface area contributed by atoms with Crippen molar-refractivity contribution in [1.29, 1.82) is 0 Å². The van der Waals surface area contributed by atoms with Gasteiger partial charge in [-0.3, -0.25) is 4.79 Å². The lowest BCUT2D eigenvalue weighted by atomic mass is 9.79. The third-order valence-electron chi connectivity index (χ3n) is 4.90. The largest absolute Gasteiger partial charge is 0.494 e. The first-order valence-electron chi connectivity index (χ1n) is 8.28. The van der Waals surface area contributed by atoms with Crippen molar-refractivity contribution in [2.75, 3.05) is 7.11 Å². The average Bonchev–Trinajstić information content (AvgIpc) is 3.10. The van der Waals surface area contributed by atoms with E-state index < -0.39 is 0 Å². The lowest BCUT2D eigenvalue weighted by molar-refractivity contribution is -0.139. The minimum atomic E-state index is -0.383. The maximum absolute atomic E-state index is 11.3. The van der Waals surface area contributed by atoms with Crippen molar-refractivity contribution in [2.45, 2.75) is 45.3 Å². The maximum Gasteiger partial charge on any atom is 0.494 e. The van der Waals surface area contributed by atoms with Crippen molar-refractivity contribution in [3.05, 3.63) is 42.2 Å². The number of nitrogens with zero attached hydrogens (tertiary/aromatic N) is 2. The molecule has 132 valence electrons. The molecule has 0 bridgehead atoms. The van der Waals surface area contributed by atoms with Crippen molar-refractivity contribution >= 4 is 18.6 Å². The van der Waals surface area contributed by atoms with E-state index in [0.717, 1.165) is 16.7 Å². The highest BCUT2D eigenvalue weighted by Crippen LogP contribution is 2.36. The summed E-state index contributed by atoms with van der Waals surface area (Å²) >= 11 is 0. The molecule has 2 aromatic rings. The highest BCUT2D eigenvalue weighted by molar-refractivity contribution is 6.62. The van der Waals surface area contributed by atoms with Gasteiger partial charge in [-0.15, -0.1) is 0 Å². The molecule has 1 aliphatic heterocycles. The molecule has 0 aliphatic carbocycles. The number of rotatable bonds is 4. The van der Waals surface area contributed by atoms with Crippen LogP contribution in [0.4, 0.5) is 0 Å². The van der Waals surface area contributed by atoms with Gasteiger partial charge in [0.1, 0.15) is 0 Å². The summed E-state index contributed by atoms with van der Waals surface area (Å²) in [5.41, 5.74) is 1.95. The van der Waals surface area contributed by atoms with E-state index in [1.165, 1.54) is 7.11 Å². The summed E-state index contributed by atoms with van der Waals surface area (Å²) in [6.07, 6.45) is 3.70. The van der Waals surface area contributed by atoms with Crippen LogP contribution in [-0.2, 0) is 25.3 Å². The summed E-state index contributed by atoms with van der Waals surface area (Å²) in [5, 5.41) is 4.29. The quantitative estimate of drug-likeness (QED) is 0.627. The molecule has 0 spiro atoms. The molecule has 6 nitrogen and oxygen atoms in total. The molecular weight excluding hydrogens is 319 g/mol. The molecule has 3 rings (SSSR count). The van der Waals surface area contributed by atoms with E-state index in [1.54, 1.807) is 10.9 Å². The summed E-state index contributed by atoms with van der Waals surface area (Å²) in [4.78, 5) is 11.3. The van der Waals surface area contributed by atoms with Crippen LogP contribution in [0.25, 0.3) is 5.69 Å². The van der Waals surface area contributed by atoms with Gasteiger partial charge in [-0.2, -0.15) is 5.10 Å². The third-order valence-corrected chi connectivity index (χ3v) is 4.90. The number of ether oxygens (including phenoxy) is 1. The van der Waals surface area contributed by atoms with Gasteiger partial charge in [0.2, 0.25) is 0 Å². The number of carbonyl (C=O) groups excluding carboxylic acids is 1. The van der Waals surface area contributed by atoms with Crippen LogP contribution in [0.5, 0.6) is 0 Å². The Morgan fingerprint density at radius 1 is 1.16 bits per heavy atom. The first kappa shape index (κ1) is 17.7. The first-order chi connectivity index (χ1) is 11.7. The Hall–Kier alpha value is -2.12. The standard InChI is InChI=1S/C18H23BN2O4/c1-17(2)18(3,4)25-19(24-17)14-6-8-15(9-7-14)21-12-13(11-20-21)10-16(22)23-5/h6-9,11-12H,10H2,1-5H3. The van der Waals surface area contributed by atoms with Gasteiger partial charge in [-0.25, -0.2) is 4.68 Å². The van der Waals surface area contributed by atoms with Crippen LogP contribution in [0.3, 0.4) is 0 Å². The molecule has 7 heteroatoms. The van der Waals surface area contributed by atoms with E-state index >= 15 is 0 Å². The van der Waals surface area contributed by atoms with E-state index in [1.807, 2.05) is 58.2 Å². The van der Waals surface area contributed by atoms with Crippen LogP contribution in [0.1, 0.15) is 33.3 Å². The summed E-state index contributed by atoms with van der Waals surface area (Å²) < 4.78 is 18.5. The van der Waals surface area contributed by atoms with E-state index in [9.17, 15) is 4.79 Å². The van der Waals surface area contributed by atoms with Crippen molar-refractivity contribution < 1.29 is 18.8 Å². The third kappa shape index (κ3) is 3.48. The fourth-order valence-corrected chi connectivity index (χ4v) is 2.59. The van der Waals surface area contributed by atoms with Gasteiger partial charge in [-0.1, -0.05) is 12.1 Å². The number of benzene rings is 1. The van der Waals surface area contributed by atoms with Gasteiger partial charge >= 0.3 is 13.1 Å². The highest BCUT2D eigenvalue weighted by atomic mass is 16.7. The molecule has 1 aromatic heterocycles. The fraction of sp³-hybridized carbons (Fsp3) is 0.444. The van der Waals surface area contributed by atoms with Gasteiger partial charge in [0.25, 0.3) is 0 Å². The SMILES string of the molecule is COC(=O)Cc1cnn(-c2ccc(B3OC(C)(C)C(C)(C)O3)cc2)c1. The van der Waals surface area contributed by atoms with Gasteiger partial charge in [-0.05, 0) is 45.3 Å². The number of aromatic nitrogens is 2. The van der Waals surface area contributed by atoms with Crippen LogP contribution in [0, 0.1) is 0 Å². The molecule has 1 aliphatic rings. The molecule has 1 aromatic carbocycles. The number of hydrogen-bond acceptors (Lipinski definition) is 5. The highest BCUT2D eigenvalue weighted by Gasteiger charge is 2.51. The molecule has 25 heavy (non-hydrogen) atoms. The van der Waals surface area contributed by atoms with Gasteiger partial charge in [0, 0.05) is 11.8 Å². The molecule has 0 saturated carbocycles. The lowest BCUT2D eigenvalue weighted by Gasteiger charge is -2.32. The molecule has 1 fully saturated rings. The Labute approximate surface area is 148 Å². The zero-order valence-corrected chi connectivity index (χ0v) is 15.3. The number of methoxy groups -OCH3 is 1. The average molecular weight is 342 g/mol. The predicted octanol–water partition coefficient (Wildman–Crippen LogP) is 1.89. The van der Waals surface area contributed by atoms with Gasteiger partial charge in [0.15, 0.2) is 0 Å². The summed E-state index contributed by atoms with van der Waals surface area (Å²) in [5.74, 6) is -0.282. The summed E-state index contributed by atoms with van der Waals surface area (Å²) in [7, 11) is 0.993. The zero-order chi connectivity index (χ0) is 18.2. The fourth-order valence-electron chi connectivity index (χ4n) is 2.59. The van der Waals surface area contributed by atoms with Crippen molar-refractivity contribution in [1.82, 2.24) is 9.78 Å². The monoisotopic (exact) mass is 342 g/mol. The molecule has 0 amide bonds. The Morgan fingerprint density at radius 2 is 1.76 bits per heavy atom. The van der Waals surface area contributed by atoms with E-state index in [-0.39, 0.29) is 30.7 Å². The Bertz CT molecular complexity index is 752. The molecule has 2 heterocycles. The van der Waals surface area contributed by atoms with Crippen LogP contribution in [0.15, 0.2) is 36.7 Å². The molecule has 0 unspecified atom stereocenters. The van der Waals surface area contributed by atoms with Crippen LogP contribution < -0.4 is 5.46 Å². The molecule has 0 atom stereocenters. The minimum Gasteiger partial charge on any atom is -0.469 e. The van der Waals surface area contributed by atoms with Crippen LogP contribution in [0.2, 0.25) is 0 Å². The van der Waals surface area contributed by atoms with Gasteiger partial charge < -0.3 is 14.0 Å². The Kier molecular flexibility index (Phi) is 4.47. The topological polar surface area (TPSA) is 62.6 Å². The zero-order valence-electron chi connectivity index (χ0n) is 15.3. The number of esters is 1. The first-order valence-corrected chi connectivity index (χ1v) is 8.28.